The topological polar surface area (TPSA) is 128 Å². The van der Waals surface area contributed by atoms with Crippen molar-refractivity contribution in [1.82, 2.24) is 5.32 Å². The van der Waals surface area contributed by atoms with Crippen LogP contribution in [0, 0.1) is 10.1 Å². The molecule has 1 aromatic carbocycles. The molecule has 2 heterocycles. The number of thiophene rings is 1. The van der Waals surface area contributed by atoms with Crippen LogP contribution in [0.3, 0.4) is 0 Å². The third kappa shape index (κ3) is 5.58. The number of ether oxygens (including phenoxy) is 2. The minimum absolute atomic E-state index is 0.00471. The molecule has 2 unspecified atom stereocenters. The Hall–Kier alpha value is -3.31. The van der Waals surface area contributed by atoms with Crippen LogP contribution in [0.15, 0.2) is 52.2 Å². The van der Waals surface area contributed by atoms with Crippen LogP contribution in [-0.2, 0) is 14.3 Å². The molecule has 2 aliphatic rings. The largest absolute Gasteiger partial charge is 0.500 e. The number of nitro groups is 1. The van der Waals surface area contributed by atoms with Crippen LogP contribution in [0.4, 0.5) is 5.69 Å². The average molecular weight is 559 g/mol. The Morgan fingerprint density at radius 3 is 2.76 bits per heavy atom. The van der Waals surface area contributed by atoms with E-state index in [2.05, 4.69) is 5.32 Å². The number of phenols is 1. The number of hydrogen-bond acceptors (Lipinski definition) is 10. The lowest BCUT2D eigenvalue weighted by molar-refractivity contribution is -0.386. The van der Waals surface area contributed by atoms with Crippen molar-refractivity contribution >= 4 is 40.5 Å². The fourth-order valence-corrected chi connectivity index (χ4v) is 6.29. The zero-order chi connectivity index (χ0) is 27.4. The SMILES string of the molecule is CCOc1cc(C2C(C(=O)OCCSCC)=C(C)NC3=C2C(=O)CC(c2cccs2)C3)cc([N+](=O)[O-])c1O. The highest BCUT2D eigenvalue weighted by Crippen LogP contribution is 2.49. The third-order valence-corrected chi connectivity index (χ3v) is 8.46. The number of nitro benzene ring substituents is 1. The number of carbonyl (C=O) groups excluding carboxylic acids is 2. The number of dihydropyridines is 1. The van der Waals surface area contributed by atoms with Crippen molar-refractivity contribution in [2.75, 3.05) is 24.7 Å². The minimum Gasteiger partial charge on any atom is -0.500 e. The van der Waals surface area contributed by atoms with E-state index in [1.807, 2.05) is 24.4 Å². The van der Waals surface area contributed by atoms with Gasteiger partial charge in [-0.1, -0.05) is 13.0 Å². The second kappa shape index (κ2) is 12.0. The van der Waals surface area contributed by atoms with Crippen molar-refractivity contribution in [2.24, 2.45) is 0 Å². The second-order valence-electron chi connectivity index (χ2n) is 8.94. The van der Waals surface area contributed by atoms with Gasteiger partial charge in [0.25, 0.3) is 0 Å². The van der Waals surface area contributed by atoms with Crippen LogP contribution < -0.4 is 10.1 Å². The van der Waals surface area contributed by atoms with Crippen LogP contribution in [0.5, 0.6) is 11.5 Å². The summed E-state index contributed by atoms with van der Waals surface area (Å²) in [6, 6.07) is 6.64. The van der Waals surface area contributed by atoms with E-state index in [4.69, 9.17) is 9.47 Å². The Morgan fingerprint density at radius 1 is 1.32 bits per heavy atom. The lowest BCUT2D eigenvalue weighted by Crippen LogP contribution is -2.36. The van der Waals surface area contributed by atoms with Crippen molar-refractivity contribution in [2.45, 2.75) is 45.4 Å². The van der Waals surface area contributed by atoms with E-state index in [0.717, 1.165) is 10.6 Å². The molecule has 0 fully saturated rings. The molecule has 1 aliphatic carbocycles. The predicted molar refractivity (Wildman–Crippen MR) is 147 cm³/mol. The van der Waals surface area contributed by atoms with Gasteiger partial charge in [-0.2, -0.15) is 11.8 Å². The quantitative estimate of drug-likeness (QED) is 0.170. The summed E-state index contributed by atoms with van der Waals surface area (Å²) in [6.07, 6.45) is 0.813. The van der Waals surface area contributed by atoms with Crippen LogP contribution in [0.2, 0.25) is 0 Å². The van der Waals surface area contributed by atoms with Crippen molar-refractivity contribution in [3.05, 3.63) is 72.7 Å². The molecule has 0 spiro atoms. The number of ketones is 1. The first kappa shape index (κ1) is 27.7. The molecule has 2 aromatic rings. The number of phenolic OH excluding ortho intramolecular Hbond substituents is 1. The summed E-state index contributed by atoms with van der Waals surface area (Å²) in [6.45, 7) is 5.81. The molecule has 0 saturated carbocycles. The monoisotopic (exact) mass is 558 g/mol. The lowest BCUT2D eigenvalue weighted by Gasteiger charge is -2.36. The summed E-state index contributed by atoms with van der Waals surface area (Å²) in [7, 11) is 0. The fraction of sp³-hybridized carbons (Fsp3) is 0.407. The van der Waals surface area contributed by atoms with Gasteiger partial charge in [-0.05, 0) is 49.1 Å². The Morgan fingerprint density at radius 2 is 2.11 bits per heavy atom. The molecule has 9 nitrogen and oxygen atoms in total. The first-order chi connectivity index (χ1) is 18.3. The van der Waals surface area contributed by atoms with Crippen LogP contribution in [0.1, 0.15) is 55.9 Å². The highest BCUT2D eigenvalue weighted by Gasteiger charge is 2.42. The van der Waals surface area contributed by atoms with E-state index in [1.165, 1.54) is 12.1 Å². The Kier molecular flexibility index (Phi) is 8.78. The van der Waals surface area contributed by atoms with Crippen LogP contribution >= 0.6 is 23.1 Å². The van der Waals surface area contributed by atoms with E-state index in [-0.39, 0.29) is 42.7 Å². The number of rotatable bonds is 10. The molecule has 0 bridgehead atoms. The van der Waals surface area contributed by atoms with Gasteiger partial charge >= 0.3 is 11.7 Å². The molecular weight excluding hydrogens is 528 g/mol. The van der Waals surface area contributed by atoms with Gasteiger partial charge < -0.3 is 19.9 Å². The number of esters is 1. The van der Waals surface area contributed by atoms with Gasteiger partial charge in [-0.25, -0.2) is 4.79 Å². The number of Topliss-reactive ketones (excluding diaryl/α,β-unsaturated/α-hetero) is 1. The number of aromatic hydroxyl groups is 1. The summed E-state index contributed by atoms with van der Waals surface area (Å²) in [5.74, 6) is -0.819. The summed E-state index contributed by atoms with van der Waals surface area (Å²) in [5, 5.41) is 27.5. The number of thioether (sulfide) groups is 1. The van der Waals surface area contributed by atoms with Crippen molar-refractivity contribution < 1.29 is 29.1 Å². The summed E-state index contributed by atoms with van der Waals surface area (Å²) >= 11 is 3.23. The number of benzene rings is 1. The smallest absolute Gasteiger partial charge is 0.336 e. The lowest BCUT2D eigenvalue weighted by atomic mass is 9.72. The van der Waals surface area contributed by atoms with Crippen LogP contribution in [-0.4, -0.2) is 46.5 Å². The van der Waals surface area contributed by atoms with Gasteiger partial charge in [0.1, 0.15) is 6.61 Å². The van der Waals surface area contributed by atoms with E-state index in [0.29, 0.717) is 34.7 Å². The molecule has 0 saturated heterocycles. The van der Waals surface area contributed by atoms with E-state index in [9.17, 15) is 24.8 Å². The summed E-state index contributed by atoms with van der Waals surface area (Å²) < 4.78 is 11.1. The van der Waals surface area contributed by atoms with Crippen molar-refractivity contribution in [1.29, 1.82) is 0 Å². The van der Waals surface area contributed by atoms with Crippen molar-refractivity contribution in [3.63, 3.8) is 0 Å². The molecule has 0 radical (unpaired) electrons. The Bertz CT molecular complexity index is 1300. The van der Waals surface area contributed by atoms with Gasteiger partial charge in [-0.15, -0.1) is 11.3 Å². The normalized spacial score (nSPS) is 19.2. The number of hydrogen-bond donors (Lipinski definition) is 2. The molecule has 0 amide bonds. The van der Waals surface area contributed by atoms with Gasteiger partial charge in [0, 0.05) is 51.9 Å². The zero-order valence-electron chi connectivity index (χ0n) is 21.4. The highest BCUT2D eigenvalue weighted by atomic mass is 32.2. The van der Waals surface area contributed by atoms with Gasteiger partial charge in [0.2, 0.25) is 5.75 Å². The summed E-state index contributed by atoms with van der Waals surface area (Å²) in [4.78, 5) is 39.3. The van der Waals surface area contributed by atoms with E-state index < -0.39 is 28.2 Å². The van der Waals surface area contributed by atoms with Gasteiger partial charge in [0.05, 0.1) is 17.1 Å². The molecule has 1 aliphatic heterocycles. The predicted octanol–water partition coefficient (Wildman–Crippen LogP) is 5.42. The highest BCUT2D eigenvalue weighted by molar-refractivity contribution is 7.99. The van der Waals surface area contributed by atoms with E-state index in [1.54, 1.807) is 36.9 Å². The molecule has 2 atom stereocenters. The zero-order valence-corrected chi connectivity index (χ0v) is 23.1. The van der Waals surface area contributed by atoms with Gasteiger partial charge in [0.15, 0.2) is 11.5 Å². The van der Waals surface area contributed by atoms with E-state index >= 15 is 0 Å². The maximum atomic E-state index is 13.7. The number of nitrogens with zero attached hydrogens (tertiary/aromatic N) is 1. The molecular formula is C27H30N2O7S2. The second-order valence-corrected chi connectivity index (χ2v) is 11.3. The average Bonchev–Trinajstić information content (AvgIpc) is 3.42. The van der Waals surface area contributed by atoms with Gasteiger partial charge in [-0.3, -0.25) is 14.9 Å². The van der Waals surface area contributed by atoms with Crippen molar-refractivity contribution in [3.8, 4) is 11.5 Å². The standard InChI is InChI=1S/C27H30N2O7S2/c1-4-35-21-14-17(12-19(26(21)31)29(33)34)24-23(27(32)36-8-10-37-5-2)15(3)28-18-11-16(13-20(30)25(18)24)22-7-6-9-38-22/h6-7,9,12,14,16,24,28,31H,4-5,8,10-11,13H2,1-3H3. The molecule has 4 rings (SSSR count). The first-order valence-corrected chi connectivity index (χ1v) is 14.5. The van der Waals surface area contributed by atoms with Crippen LogP contribution in [0.25, 0.3) is 0 Å². The molecule has 1 aromatic heterocycles. The fourth-order valence-electron chi connectivity index (χ4n) is 4.97. The third-order valence-electron chi connectivity index (χ3n) is 6.57. The first-order valence-electron chi connectivity index (χ1n) is 12.4. The molecule has 11 heteroatoms. The summed E-state index contributed by atoms with van der Waals surface area (Å²) in [5.41, 5.74) is 1.57. The minimum atomic E-state index is -0.909. The Balaban J connectivity index is 1.84. The number of nitrogens with one attached hydrogen (secondary N) is 1. The maximum Gasteiger partial charge on any atom is 0.336 e. The maximum absolute atomic E-state index is 13.7. The number of carbonyl (C=O) groups is 2. The molecule has 2 N–H and O–H groups in total. The Labute approximate surface area is 229 Å². The molecule has 38 heavy (non-hydrogen) atoms. The molecule has 202 valence electrons. The number of allylic oxidation sites excluding steroid dienone is 3.